The van der Waals surface area contributed by atoms with Crippen LogP contribution < -0.4 is 5.32 Å². The van der Waals surface area contributed by atoms with Crippen LogP contribution in [-0.2, 0) is 22.8 Å². The highest BCUT2D eigenvalue weighted by molar-refractivity contribution is 6.31. The second kappa shape index (κ2) is 10.9. The number of alkyl halides is 4. The minimum absolute atomic E-state index is 0.0750. The maximum Gasteiger partial charge on any atom is 0.417 e. The Labute approximate surface area is 237 Å². The second-order valence-corrected chi connectivity index (χ2v) is 10.5. The SMILES string of the molecule is C[C@H]1C(=O)Nc2cnn(C)c2-c2ccnc(c2)[C@@H](N2CCC(c3c(C(F)(F)F)ccc(Cl)c3F)=CC2=O)CCC1F. The van der Waals surface area contributed by atoms with Crippen molar-refractivity contribution in [3.63, 3.8) is 0 Å². The van der Waals surface area contributed by atoms with Crippen molar-refractivity contribution in [3.05, 3.63) is 70.4 Å². The first-order chi connectivity index (χ1) is 19.4. The Bertz CT molecular complexity index is 1550. The number of carbonyl (C=O) groups is 2. The lowest BCUT2D eigenvalue weighted by Crippen LogP contribution is -2.38. The molecule has 216 valence electrons. The number of nitrogens with zero attached hydrogens (tertiary/aromatic N) is 4. The van der Waals surface area contributed by atoms with Gasteiger partial charge in [0.05, 0.1) is 45.8 Å². The number of fused-ring (bicyclic) bond motifs is 4. The average molecular weight is 594 g/mol. The lowest BCUT2D eigenvalue weighted by atomic mass is 9.91. The van der Waals surface area contributed by atoms with Gasteiger partial charge in [-0.05, 0) is 49.1 Å². The van der Waals surface area contributed by atoms with E-state index in [0.717, 1.165) is 12.1 Å². The van der Waals surface area contributed by atoms with Gasteiger partial charge in [0.2, 0.25) is 11.8 Å². The molecule has 2 aliphatic rings. The summed E-state index contributed by atoms with van der Waals surface area (Å²) in [6, 6.07) is 4.16. The maximum absolute atomic E-state index is 15.3. The standard InChI is InChI=1S/C28H25ClF5N5O2/c1-14-19(30)5-6-22(20-11-16(7-9-35-20)26-21(37-27(14)41)13-36-38(26)2)39-10-8-15(12-23(39)40)24-17(28(32,33)34)3-4-18(29)25(24)31/h3-4,7,9,11-14,19,22H,5-6,8,10H2,1-2H3,(H,37,41)/t14-,19?,22+/m1/s1. The van der Waals surface area contributed by atoms with Crippen molar-refractivity contribution in [3.8, 4) is 11.3 Å². The zero-order chi connectivity index (χ0) is 29.6. The van der Waals surface area contributed by atoms with Gasteiger partial charge in [-0.25, -0.2) is 8.78 Å². The first-order valence-corrected chi connectivity index (χ1v) is 13.2. The average Bonchev–Trinajstić information content (AvgIpc) is 3.28. The molecule has 5 rings (SSSR count). The van der Waals surface area contributed by atoms with E-state index in [9.17, 15) is 27.2 Å². The van der Waals surface area contributed by atoms with Crippen LogP contribution in [0.5, 0.6) is 0 Å². The third-order valence-corrected chi connectivity index (χ3v) is 7.86. The smallest absolute Gasteiger partial charge is 0.330 e. The highest BCUT2D eigenvalue weighted by Gasteiger charge is 2.38. The molecule has 7 nitrogen and oxygen atoms in total. The Morgan fingerprint density at radius 2 is 1.90 bits per heavy atom. The number of benzene rings is 1. The van der Waals surface area contributed by atoms with Crippen LogP contribution in [0.25, 0.3) is 16.8 Å². The molecule has 2 bridgehead atoms. The van der Waals surface area contributed by atoms with E-state index in [2.05, 4.69) is 15.4 Å². The van der Waals surface area contributed by atoms with Crippen LogP contribution in [0.2, 0.25) is 5.02 Å². The molecule has 0 radical (unpaired) electrons. The van der Waals surface area contributed by atoms with Gasteiger partial charge >= 0.3 is 6.18 Å². The van der Waals surface area contributed by atoms with Gasteiger partial charge < -0.3 is 10.2 Å². The summed E-state index contributed by atoms with van der Waals surface area (Å²) < 4.78 is 72.8. The number of anilines is 1. The number of halogens is 6. The van der Waals surface area contributed by atoms with E-state index >= 15 is 4.39 Å². The second-order valence-electron chi connectivity index (χ2n) is 10.1. The fourth-order valence-electron chi connectivity index (χ4n) is 5.35. The minimum Gasteiger partial charge on any atom is -0.330 e. The van der Waals surface area contributed by atoms with Crippen molar-refractivity contribution in [1.29, 1.82) is 0 Å². The van der Waals surface area contributed by atoms with Crippen molar-refractivity contribution < 1.29 is 31.5 Å². The number of aromatic nitrogens is 3. The molecule has 13 heteroatoms. The van der Waals surface area contributed by atoms with Gasteiger partial charge in [0.15, 0.2) is 0 Å². The third-order valence-electron chi connectivity index (χ3n) is 7.56. The van der Waals surface area contributed by atoms with Crippen LogP contribution in [0.1, 0.15) is 49.0 Å². The van der Waals surface area contributed by atoms with Crippen LogP contribution in [0.4, 0.5) is 27.6 Å². The first-order valence-electron chi connectivity index (χ1n) is 12.9. The number of nitrogens with one attached hydrogen (secondary N) is 1. The number of hydrogen-bond acceptors (Lipinski definition) is 4. The molecule has 2 amide bonds. The van der Waals surface area contributed by atoms with Crippen LogP contribution in [0.15, 0.2) is 42.7 Å². The van der Waals surface area contributed by atoms with Gasteiger partial charge in [-0.1, -0.05) is 18.5 Å². The molecular weight excluding hydrogens is 569 g/mol. The molecule has 0 aliphatic carbocycles. The number of carbonyl (C=O) groups excluding carboxylic acids is 2. The molecular formula is C28H25ClF5N5O2. The van der Waals surface area contributed by atoms with Gasteiger partial charge in [-0.3, -0.25) is 19.3 Å². The molecule has 2 aliphatic heterocycles. The van der Waals surface area contributed by atoms with Crippen LogP contribution in [0, 0.1) is 11.7 Å². The van der Waals surface area contributed by atoms with Crippen LogP contribution in [0.3, 0.4) is 0 Å². The highest BCUT2D eigenvalue weighted by Crippen LogP contribution is 2.42. The topological polar surface area (TPSA) is 80.1 Å². The highest BCUT2D eigenvalue weighted by atomic mass is 35.5. The molecule has 1 unspecified atom stereocenters. The molecule has 3 aromatic rings. The van der Waals surface area contributed by atoms with Crippen molar-refractivity contribution >= 4 is 34.7 Å². The van der Waals surface area contributed by atoms with E-state index in [4.69, 9.17) is 11.6 Å². The van der Waals surface area contributed by atoms with Crippen molar-refractivity contribution in [1.82, 2.24) is 19.7 Å². The van der Waals surface area contributed by atoms with Crippen LogP contribution >= 0.6 is 11.6 Å². The molecule has 2 aromatic heterocycles. The maximum atomic E-state index is 15.3. The van der Waals surface area contributed by atoms with E-state index in [0.29, 0.717) is 28.7 Å². The first kappa shape index (κ1) is 28.7. The zero-order valence-electron chi connectivity index (χ0n) is 22.0. The Morgan fingerprint density at radius 3 is 2.61 bits per heavy atom. The quantitative estimate of drug-likeness (QED) is 0.351. The molecule has 1 aromatic carbocycles. The number of amides is 2. The summed E-state index contributed by atoms with van der Waals surface area (Å²) in [6.45, 7) is 1.39. The summed E-state index contributed by atoms with van der Waals surface area (Å²) in [5.41, 5.74) is -0.130. The van der Waals surface area contributed by atoms with E-state index < -0.39 is 58.1 Å². The molecule has 4 heterocycles. The predicted molar refractivity (Wildman–Crippen MR) is 142 cm³/mol. The summed E-state index contributed by atoms with van der Waals surface area (Å²) in [7, 11) is 1.68. The van der Waals surface area contributed by atoms with Gasteiger partial charge in [0, 0.05) is 37.0 Å². The van der Waals surface area contributed by atoms with E-state index in [1.54, 1.807) is 23.9 Å². The molecule has 0 saturated carbocycles. The number of pyridine rings is 1. The Morgan fingerprint density at radius 1 is 1.15 bits per heavy atom. The molecule has 0 spiro atoms. The summed E-state index contributed by atoms with van der Waals surface area (Å²) in [5.74, 6) is -3.47. The van der Waals surface area contributed by atoms with Crippen LogP contribution in [-0.4, -0.2) is 44.2 Å². The predicted octanol–water partition coefficient (Wildman–Crippen LogP) is 6.36. The van der Waals surface area contributed by atoms with Gasteiger partial charge in [-0.15, -0.1) is 0 Å². The number of hydrogen-bond donors (Lipinski definition) is 1. The van der Waals surface area contributed by atoms with Gasteiger partial charge in [0.25, 0.3) is 0 Å². The van der Waals surface area contributed by atoms with Gasteiger partial charge in [-0.2, -0.15) is 18.3 Å². The largest absolute Gasteiger partial charge is 0.417 e. The van der Waals surface area contributed by atoms with E-state index in [1.807, 2.05) is 0 Å². The van der Waals surface area contributed by atoms with E-state index in [-0.39, 0.29) is 31.4 Å². The fraction of sp³-hybridized carbons (Fsp3) is 0.357. The monoisotopic (exact) mass is 593 g/mol. The van der Waals surface area contributed by atoms with Gasteiger partial charge in [0.1, 0.15) is 12.0 Å². The summed E-state index contributed by atoms with van der Waals surface area (Å²) in [4.78, 5) is 32.1. The van der Waals surface area contributed by atoms with Crippen molar-refractivity contribution in [2.45, 2.75) is 44.6 Å². The summed E-state index contributed by atoms with van der Waals surface area (Å²) in [5, 5.41) is 6.46. The third kappa shape index (κ3) is 5.44. The molecule has 3 atom stereocenters. The zero-order valence-corrected chi connectivity index (χ0v) is 22.7. The Hall–Kier alpha value is -3.80. The Balaban J connectivity index is 1.56. The summed E-state index contributed by atoms with van der Waals surface area (Å²) in [6.07, 6.45) is -2.59. The van der Waals surface area contributed by atoms with Crippen molar-refractivity contribution in [2.75, 3.05) is 11.9 Å². The molecule has 0 fully saturated rings. The fourth-order valence-corrected chi connectivity index (χ4v) is 5.51. The lowest BCUT2D eigenvalue weighted by Gasteiger charge is -2.35. The molecule has 41 heavy (non-hydrogen) atoms. The van der Waals surface area contributed by atoms with E-state index in [1.165, 1.54) is 24.2 Å². The normalized spacial score (nSPS) is 21.9. The number of rotatable bonds is 2. The summed E-state index contributed by atoms with van der Waals surface area (Å²) >= 11 is 5.80. The lowest BCUT2D eigenvalue weighted by molar-refractivity contribution is -0.138. The Kier molecular flexibility index (Phi) is 7.62. The number of aryl methyl sites for hydroxylation is 1. The molecule has 0 saturated heterocycles. The molecule has 1 N–H and O–H groups in total. The minimum atomic E-state index is -4.87. The van der Waals surface area contributed by atoms with Crippen molar-refractivity contribution in [2.24, 2.45) is 13.0 Å².